The van der Waals surface area contributed by atoms with Gasteiger partial charge in [0.15, 0.2) is 5.78 Å². The zero-order valence-corrected chi connectivity index (χ0v) is 19.6. The number of ketones is 1. The van der Waals surface area contributed by atoms with Crippen LogP contribution in [0.25, 0.3) is 10.9 Å². The van der Waals surface area contributed by atoms with Crippen LogP contribution in [0.15, 0.2) is 42.7 Å². The van der Waals surface area contributed by atoms with Crippen LogP contribution in [-0.2, 0) is 24.7 Å². The average Bonchev–Trinajstić information content (AvgIpc) is 3.01. The van der Waals surface area contributed by atoms with Crippen LogP contribution in [0.4, 0.5) is 0 Å². The van der Waals surface area contributed by atoms with E-state index >= 15 is 0 Å². The fourth-order valence-corrected chi connectivity index (χ4v) is 4.56. The highest BCUT2D eigenvalue weighted by atomic mass is 35.5. The van der Waals surface area contributed by atoms with E-state index in [1.165, 1.54) is 5.56 Å². The standard InChI is InChI=1S/C26H31ClN2O3/c1-18(16-25(31)32)15-24(30)26-21-17-20(27)9-10-22(21)29(2)23(26)8-6-4-3-5-7-19-11-13-28-14-12-19/h9-14,17-18H,3-8,15-16H2,1-2H3,(H,31,32)/t18-/m0/s1. The molecule has 1 atom stereocenters. The predicted octanol–water partition coefficient (Wildman–Crippen LogP) is 6.26. The van der Waals surface area contributed by atoms with Gasteiger partial charge in [-0.05, 0) is 67.5 Å². The van der Waals surface area contributed by atoms with Gasteiger partial charge in [0.1, 0.15) is 0 Å². The summed E-state index contributed by atoms with van der Waals surface area (Å²) in [6, 6.07) is 9.76. The summed E-state index contributed by atoms with van der Waals surface area (Å²) < 4.78 is 2.09. The first-order valence-electron chi connectivity index (χ1n) is 11.3. The maximum Gasteiger partial charge on any atom is 0.303 e. The Kier molecular flexibility index (Phi) is 8.46. The minimum absolute atomic E-state index is 0.000645. The first-order valence-corrected chi connectivity index (χ1v) is 11.6. The van der Waals surface area contributed by atoms with Crippen LogP contribution in [0.5, 0.6) is 0 Å². The number of nitrogens with zero attached hydrogens (tertiary/aromatic N) is 2. The average molecular weight is 455 g/mol. The number of aryl methyl sites for hydroxylation is 2. The maximum atomic E-state index is 13.2. The number of unbranched alkanes of at least 4 members (excludes halogenated alkanes) is 3. The topological polar surface area (TPSA) is 72.2 Å². The summed E-state index contributed by atoms with van der Waals surface area (Å²) in [6.07, 6.45) is 10.1. The molecule has 32 heavy (non-hydrogen) atoms. The Balaban J connectivity index is 1.69. The van der Waals surface area contributed by atoms with Crippen molar-refractivity contribution in [1.82, 2.24) is 9.55 Å². The second kappa shape index (κ2) is 11.3. The summed E-state index contributed by atoms with van der Waals surface area (Å²) in [7, 11) is 1.99. The summed E-state index contributed by atoms with van der Waals surface area (Å²) in [6.45, 7) is 1.81. The fraction of sp³-hybridized carbons (Fsp3) is 0.423. The first kappa shape index (κ1) is 24.0. The van der Waals surface area contributed by atoms with Gasteiger partial charge >= 0.3 is 5.97 Å². The highest BCUT2D eigenvalue weighted by Gasteiger charge is 2.23. The number of halogens is 1. The van der Waals surface area contributed by atoms with Crippen molar-refractivity contribution in [2.45, 2.75) is 58.3 Å². The van der Waals surface area contributed by atoms with Gasteiger partial charge in [0, 0.05) is 59.5 Å². The third kappa shape index (κ3) is 6.19. The van der Waals surface area contributed by atoms with Crippen LogP contribution in [0, 0.1) is 5.92 Å². The van der Waals surface area contributed by atoms with Crippen molar-refractivity contribution in [3.8, 4) is 0 Å². The number of benzene rings is 1. The molecule has 0 saturated carbocycles. The number of aliphatic carboxylic acids is 1. The summed E-state index contributed by atoms with van der Waals surface area (Å²) in [5.41, 5.74) is 4.02. The van der Waals surface area contributed by atoms with E-state index in [0.717, 1.165) is 55.1 Å². The third-order valence-electron chi connectivity index (χ3n) is 6.00. The van der Waals surface area contributed by atoms with Gasteiger partial charge in [-0.15, -0.1) is 0 Å². The number of pyridine rings is 1. The van der Waals surface area contributed by atoms with E-state index in [-0.39, 0.29) is 24.5 Å². The van der Waals surface area contributed by atoms with Crippen molar-refractivity contribution in [2.24, 2.45) is 13.0 Å². The molecule has 0 amide bonds. The third-order valence-corrected chi connectivity index (χ3v) is 6.23. The first-order chi connectivity index (χ1) is 15.4. The zero-order chi connectivity index (χ0) is 23.1. The largest absolute Gasteiger partial charge is 0.481 e. The van der Waals surface area contributed by atoms with E-state index in [1.807, 2.05) is 44.6 Å². The fourth-order valence-electron chi connectivity index (χ4n) is 4.39. The minimum atomic E-state index is -0.877. The Morgan fingerprint density at radius 1 is 1.03 bits per heavy atom. The van der Waals surface area contributed by atoms with Crippen LogP contribution >= 0.6 is 11.6 Å². The minimum Gasteiger partial charge on any atom is -0.481 e. The molecule has 3 rings (SSSR count). The number of carbonyl (C=O) groups excluding carboxylic acids is 1. The molecule has 3 aromatic rings. The number of aromatic nitrogens is 2. The van der Waals surface area contributed by atoms with E-state index in [2.05, 4.69) is 21.7 Å². The molecule has 6 heteroatoms. The molecule has 0 radical (unpaired) electrons. The molecule has 170 valence electrons. The summed E-state index contributed by atoms with van der Waals surface area (Å²) in [5.74, 6) is -1.09. The lowest BCUT2D eigenvalue weighted by atomic mass is 9.94. The number of hydrogen-bond acceptors (Lipinski definition) is 3. The molecule has 0 aliphatic rings. The molecule has 0 saturated heterocycles. The van der Waals surface area contributed by atoms with Gasteiger partial charge in [0.05, 0.1) is 0 Å². The van der Waals surface area contributed by atoms with Crippen LogP contribution in [-0.4, -0.2) is 26.4 Å². The Morgan fingerprint density at radius 3 is 2.41 bits per heavy atom. The van der Waals surface area contributed by atoms with Crippen molar-refractivity contribution in [3.05, 3.63) is 64.6 Å². The quantitative estimate of drug-likeness (QED) is 0.259. The van der Waals surface area contributed by atoms with Crippen LogP contribution in [0.2, 0.25) is 5.02 Å². The van der Waals surface area contributed by atoms with E-state index in [9.17, 15) is 9.59 Å². The highest BCUT2D eigenvalue weighted by Crippen LogP contribution is 2.31. The lowest BCUT2D eigenvalue weighted by molar-refractivity contribution is -0.137. The molecule has 2 aromatic heterocycles. The molecule has 0 bridgehead atoms. The van der Waals surface area contributed by atoms with E-state index in [0.29, 0.717) is 10.6 Å². The zero-order valence-electron chi connectivity index (χ0n) is 18.8. The van der Waals surface area contributed by atoms with Crippen molar-refractivity contribution in [2.75, 3.05) is 0 Å². The SMILES string of the molecule is C[C@H](CC(=O)O)CC(=O)c1c(CCCCCCc2ccncc2)n(C)c2ccc(Cl)cc12. The number of carboxylic acids is 1. The van der Waals surface area contributed by atoms with Gasteiger partial charge in [-0.2, -0.15) is 0 Å². The van der Waals surface area contributed by atoms with Gasteiger partial charge in [0.2, 0.25) is 0 Å². The number of hydrogen-bond donors (Lipinski definition) is 1. The summed E-state index contributed by atoms with van der Waals surface area (Å²) in [4.78, 5) is 28.3. The van der Waals surface area contributed by atoms with E-state index < -0.39 is 5.97 Å². The molecule has 0 fully saturated rings. The summed E-state index contributed by atoms with van der Waals surface area (Å²) >= 11 is 6.24. The smallest absolute Gasteiger partial charge is 0.303 e. The van der Waals surface area contributed by atoms with Crippen molar-refractivity contribution < 1.29 is 14.7 Å². The molecule has 1 N–H and O–H groups in total. The lowest BCUT2D eigenvalue weighted by Gasteiger charge is -2.11. The number of rotatable bonds is 12. The number of carbonyl (C=O) groups is 2. The monoisotopic (exact) mass is 454 g/mol. The molecule has 2 heterocycles. The van der Waals surface area contributed by atoms with Gasteiger partial charge in [-0.1, -0.05) is 31.4 Å². The van der Waals surface area contributed by atoms with Crippen LogP contribution in [0.3, 0.4) is 0 Å². The number of fused-ring (bicyclic) bond motifs is 1. The Hall–Kier alpha value is -2.66. The second-order valence-electron chi connectivity index (χ2n) is 8.64. The molecule has 1 aromatic carbocycles. The van der Waals surface area contributed by atoms with Crippen LogP contribution < -0.4 is 0 Å². The van der Waals surface area contributed by atoms with Gasteiger partial charge in [-0.25, -0.2) is 0 Å². The second-order valence-corrected chi connectivity index (χ2v) is 9.08. The molecule has 5 nitrogen and oxygen atoms in total. The van der Waals surface area contributed by atoms with Crippen LogP contribution in [0.1, 0.15) is 67.1 Å². The van der Waals surface area contributed by atoms with Crippen molar-refractivity contribution in [1.29, 1.82) is 0 Å². The molecule has 0 aliphatic heterocycles. The molecule has 0 spiro atoms. The van der Waals surface area contributed by atoms with Gasteiger partial charge < -0.3 is 9.67 Å². The molecular weight excluding hydrogens is 424 g/mol. The Bertz CT molecular complexity index is 1080. The van der Waals surface area contributed by atoms with E-state index in [4.69, 9.17) is 16.7 Å². The highest BCUT2D eigenvalue weighted by molar-refractivity contribution is 6.31. The van der Waals surface area contributed by atoms with E-state index in [1.54, 1.807) is 0 Å². The maximum absolute atomic E-state index is 13.2. The predicted molar refractivity (Wildman–Crippen MR) is 128 cm³/mol. The number of Topliss-reactive ketones (excluding diaryl/α,β-unsaturated/α-hetero) is 1. The Labute approximate surface area is 194 Å². The molecule has 0 aliphatic carbocycles. The van der Waals surface area contributed by atoms with Crippen molar-refractivity contribution in [3.63, 3.8) is 0 Å². The molecule has 0 unspecified atom stereocenters. The van der Waals surface area contributed by atoms with Gasteiger partial charge in [0.25, 0.3) is 0 Å². The summed E-state index contributed by atoms with van der Waals surface area (Å²) in [5, 5.41) is 10.5. The molecular formula is C26H31ClN2O3. The van der Waals surface area contributed by atoms with Gasteiger partial charge in [-0.3, -0.25) is 14.6 Å². The van der Waals surface area contributed by atoms with Crippen molar-refractivity contribution >= 4 is 34.3 Å². The lowest BCUT2D eigenvalue weighted by Crippen LogP contribution is -2.12. The number of carboxylic acid groups (broad SMARTS) is 1. The Morgan fingerprint density at radius 2 is 1.72 bits per heavy atom. The normalized spacial score (nSPS) is 12.2.